The Labute approximate surface area is 151 Å². The van der Waals surface area contributed by atoms with Gasteiger partial charge >= 0.3 is 0 Å². The molecule has 2 aromatic rings. The summed E-state index contributed by atoms with van der Waals surface area (Å²) in [6.45, 7) is 3.54. The molecule has 1 saturated heterocycles. The molecule has 0 atom stereocenters. The molecule has 2 amide bonds. The molecule has 1 aliphatic heterocycles. The molecule has 8 heteroatoms. The number of nitrogens with zero attached hydrogens (tertiary/aromatic N) is 5. The van der Waals surface area contributed by atoms with Crippen LogP contribution in [0, 0.1) is 11.3 Å². The molecule has 0 radical (unpaired) electrons. The molecule has 1 N–H and O–H groups in total. The van der Waals surface area contributed by atoms with Crippen molar-refractivity contribution in [1.29, 1.82) is 5.26 Å². The molecule has 0 aliphatic carbocycles. The smallest absolute Gasteiger partial charge is 0.274 e. The van der Waals surface area contributed by atoms with Crippen molar-refractivity contribution in [3.8, 4) is 6.07 Å². The van der Waals surface area contributed by atoms with Crippen LogP contribution >= 0.6 is 0 Å². The maximum absolute atomic E-state index is 12.5. The fourth-order valence-corrected chi connectivity index (χ4v) is 2.73. The van der Waals surface area contributed by atoms with Gasteiger partial charge in [0.05, 0.1) is 11.3 Å². The number of benzene rings is 1. The first-order chi connectivity index (χ1) is 12.6. The molecule has 0 unspecified atom stereocenters. The molecule has 8 nitrogen and oxygen atoms in total. The zero-order chi connectivity index (χ0) is 18.5. The maximum atomic E-state index is 12.5. The van der Waals surface area contributed by atoms with Gasteiger partial charge in [0, 0.05) is 33.1 Å². The van der Waals surface area contributed by atoms with E-state index in [1.807, 2.05) is 6.07 Å². The summed E-state index contributed by atoms with van der Waals surface area (Å²) in [5.74, 6) is 0.264. The number of anilines is 2. The van der Waals surface area contributed by atoms with Crippen LogP contribution in [0.2, 0.25) is 0 Å². The number of para-hydroxylation sites is 1. The van der Waals surface area contributed by atoms with Gasteiger partial charge in [0.1, 0.15) is 6.07 Å². The van der Waals surface area contributed by atoms with Gasteiger partial charge in [-0.1, -0.05) is 12.1 Å². The van der Waals surface area contributed by atoms with Gasteiger partial charge in [-0.15, -0.1) is 10.2 Å². The molecule has 1 aromatic heterocycles. The van der Waals surface area contributed by atoms with Gasteiger partial charge in [0.2, 0.25) is 5.91 Å². The number of nitrogens with one attached hydrogen (secondary N) is 1. The van der Waals surface area contributed by atoms with Gasteiger partial charge in [-0.2, -0.15) is 5.26 Å². The Bertz CT molecular complexity index is 851. The molecule has 26 heavy (non-hydrogen) atoms. The third-order valence-corrected chi connectivity index (χ3v) is 4.21. The Morgan fingerprint density at radius 2 is 1.73 bits per heavy atom. The lowest BCUT2D eigenvalue weighted by molar-refractivity contribution is -0.130. The lowest BCUT2D eigenvalue weighted by Gasteiger charge is -2.33. The first kappa shape index (κ1) is 17.4. The number of hydrogen-bond donors (Lipinski definition) is 1. The predicted molar refractivity (Wildman–Crippen MR) is 94.6 cm³/mol. The van der Waals surface area contributed by atoms with Gasteiger partial charge < -0.3 is 15.1 Å². The largest absolute Gasteiger partial charge is 0.339 e. The second-order valence-corrected chi connectivity index (χ2v) is 5.88. The summed E-state index contributed by atoms with van der Waals surface area (Å²) in [7, 11) is 0. The molecule has 1 fully saturated rings. The highest BCUT2D eigenvalue weighted by Crippen LogP contribution is 2.18. The Hall–Kier alpha value is -3.47. The van der Waals surface area contributed by atoms with Gasteiger partial charge in [0.15, 0.2) is 11.5 Å². The van der Waals surface area contributed by atoms with E-state index in [2.05, 4.69) is 21.6 Å². The lowest BCUT2D eigenvalue weighted by Crippen LogP contribution is -2.50. The van der Waals surface area contributed by atoms with E-state index in [4.69, 9.17) is 5.26 Å². The molecular formula is C18H18N6O2. The summed E-state index contributed by atoms with van der Waals surface area (Å²) in [6.07, 6.45) is 0. The monoisotopic (exact) mass is 350 g/mol. The first-order valence-corrected chi connectivity index (χ1v) is 8.23. The molecule has 0 bridgehead atoms. The van der Waals surface area contributed by atoms with Crippen molar-refractivity contribution in [2.75, 3.05) is 31.5 Å². The van der Waals surface area contributed by atoms with Gasteiger partial charge in [-0.3, -0.25) is 9.59 Å². The Balaban J connectivity index is 1.65. The SMILES string of the molecule is CC(=O)N1CCN(C(=O)c2ccc(Nc3ccccc3C#N)nn2)CC1. The lowest BCUT2D eigenvalue weighted by atomic mass is 10.2. The average molecular weight is 350 g/mol. The van der Waals surface area contributed by atoms with Crippen LogP contribution in [0.25, 0.3) is 0 Å². The van der Waals surface area contributed by atoms with E-state index in [9.17, 15) is 9.59 Å². The van der Waals surface area contributed by atoms with Crippen LogP contribution in [0.15, 0.2) is 36.4 Å². The van der Waals surface area contributed by atoms with E-state index < -0.39 is 0 Å². The standard InChI is InChI=1S/C18H18N6O2/c1-13(25)23-8-10-24(11-9-23)18(26)16-6-7-17(22-21-16)20-15-5-3-2-4-14(15)12-19/h2-7H,8-11H2,1H3,(H,20,22). The summed E-state index contributed by atoms with van der Waals surface area (Å²) in [5, 5.41) is 20.2. The number of carbonyl (C=O) groups is 2. The molecule has 1 aromatic carbocycles. The van der Waals surface area contributed by atoms with E-state index in [0.29, 0.717) is 43.2 Å². The molecule has 0 saturated carbocycles. The van der Waals surface area contributed by atoms with E-state index in [-0.39, 0.29) is 17.5 Å². The highest BCUT2D eigenvalue weighted by molar-refractivity contribution is 5.92. The molecular weight excluding hydrogens is 332 g/mol. The topological polar surface area (TPSA) is 102 Å². The summed E-state index contributed by atoms with van der Waals surface area (Å²) < 4.78 is 0. The first-order valence-electron chi connectivity index (χ1n) is 8.23. The van der Waals surface area contributed by atoms with Crippen molar-refractivity contribution in [2.45, 2.75) is 6.92 Å². The van der Waals surface area contributed by atoms with E-state index >= 15 is 0 Å². The van der Waals surface area contributed by atoms with Crippen LogP contribution in [0.3, 0.4) is 0 Å². The third-order valence-electron chi connectivity index (χ3n) is 4.21. The van der Waals surface area contributed by atoms with Crippen LogP contribution in [0.1, 0.15) is 23.0 Å². The summed E-state index contributed by atoms with van der Waals surface area (Å²) >= 11 is 0. The summed E-state index contributed by atoms with van der Waals surface area (Å²) in [6, 6.07) is 12.4. The van der Waals surface area contributed by atoms with Crippen LogP contribution in [0.4, 0.5) is 11.5 Å². The van der Waals surface area contributed by atoms with Crippen LogP contribution < -0.4 is 5.32 Å². The highest BCUT2D eigenvalue weighted by Gasteiger charge is 2.24. The van der Waals surface area contributed by atoms with E-state index in [1.165, 1.54) is 6.92 Å². The van der Waals surface area contributed by atoms with Gasteiger partial charge in [-0.25, -0.2) is 0 Å². The van der Waals surface area contributed by atoms with Crippen LogP contribution in [-0.4, -0.2) is 58.0 Å². The second-order valence-electron chi connectivity index (χ2n) is 5.88. The Morgan fingerprint density at radius 1 is 1.04 bits per heavy atom. The zero-order valence-corrected chi connectivity index (χ0v) is 14.3. The molecule has 1 aliphatic rings. The number of aromatic nitrogens is 2. The van der Waals surface area contributed by atoms with Crippen molar-refractivity contribution < 1.29 is 9.59 Å². The zero-order valence-electron chi connectivity index (χ0n) is 14.3. The minimum Gasteiger partial charge on any atom is -0.339 e. The summed E-state index contributed by atoms with van der Waals surface area (Å²) in [5.41, 5.74) is 1.38. The van der Waals surface area contributed by atoms with Gasteiger partial charge in [-0.05, 0) is 24.3 Å². The quantitative estimate of drug-likeness (QED) is 0.897. The number of amides is 2. The van der Waals surface area contributed by atoms with Gasteiger partial charge in [0.25, 0.3) is 5.91 Å². The minimum atomic E-state index is -0.204. The number of rotatable bonds is 3. The van der Waals surface area contributed by atoms with E-state index in [0.717, 1.165) is 0 Å². The number of piperazine rings is 1. The van der Waals surface area contributed by atoms with Crippen molar-refractivity contribution in [2.24, 2.45) is 0 Å². The number of nitriles is 1. The maximum Gasteiger partial charge on any atom is 0.274 e. The average Bonchev–Trinajstić information content (AvgIpc) is 2.68. The fourth-order valence-electron chi connectivity index (χ4n) is 2.73. The third kappa shape index (κ3) is 3.78. The highest BCUT2D eigenvalue weighted by atomic mass is 16.2. The summed E-state index contributed by atoms with van der Waals surface area (Å²) in [4.78, 5) is 27.2. The normalized spacial score (nSPS) is 13.8. The minimum absolute atomic E-state index is 0.0185. The number of hydrogen-bond acceptors (Lipinski definition) is 6. The van der Waals surface area contributed by atoms with Crippen molar-refractivity contribution in [3.05, 3.63) is 47.7 Å². The molecule has 132 valence electrons. The van der Waals surface area contributed by atoms with Crippen LogP contribution in [-0.2, 0) is 4.79 Å². The molecule has 3 rings (SSSR count). The Kier molecular flexibility index (Phi) is 5.08. The van der Waals surface area contributed by atoms with Crippen molar-refractivity contribution in [1.82, 2.24) is 20.0 Å². The second kappa shape index (κ2) is 7.61. The van der Waals surface area contributed by atoms with Crippen molar-refractivity contribution in [3.63, 3.8) is 0 Å². The van der Waals surface area contributed by atoms with Crippen LogP contribution in [0.5, 0.6) is 0 Å². The van der Waals surface area contributed by atoms with E-state index in [1.54, 1.807) is 40.1 Å². The number of carbonyl (C=O) groups excluding carboxylic acids is 2. The predicted octanol–water partition coefficient (Wildman–Crippen LogP) is 1.40. The molecule has 0 spiro atoms. The molecule has 2 heterocycles. The Morgan fingerprint density at radius 3 is 2.35 bits per heavy atom. The van der Waals surface area contributed by atoms with Crippen molar-refractivity contribution >= 4 is 23.3 Å². The fraction of sp³-hybridized carbons (Fsp3) is 0.278.